The largest absolute Gasteiger partial charge is 0.356 e. The molecule has 0 heterocycles. The van der Waals surface area contributed by atoms with Crippen LogP contribution in [0.4, 0.5) is 0 Å². The van der Waals surface area contributed by atoms with Gasteiger partial charge in [0.1, 0.15) is 0 Å². The smallest absolute Gasteiger partial charge is 0.191 e. The second-order valence-corrected chi connectivity index (χ2v) is 4.92. The summed E-state index contributed by atoms with van der Waals surface area (Å²) >= 11 is 0. The maximum atomic E-state index is 4.27. The minimum Gasteiger partial charge on any atom is -0.356 e. The second-order valence-electron chi connectivity index (χ2n) is 4.92. The summed E-state index contributed by atoms with van der Waals surface area (Å²) in [6, 6.07) is 8.43. The van der Waals surface area contributed by atoms with Gasteiger partial charge in [0.2, 0.25) is 0 Å². The molecule has 3 heteroatoms. The Bertz CT molecular complexity index is 395. The van der Waals surface area contributed by atoms with Crippen LogP contribution in [0, 0.1) is 12.8 Å². The van der Waals surface area contributed by atoms with Crippen LogP contribution in [0.15, 0.2) is 29.3 Å². The van der Waals surface area contributed by atoms with Crippen LogP contribution in [0.5, 0.6) is 0 Å². The molecule has 0 aliphatic rings. The van der Waals surface area contributed by atoms with E-state index in [4.69, 9.17) is 0 Å². The summed E-state index contributed by atoms with van der Waals surface area (Å²) in [7, 11) is 1.82. The number of guanidine groups is 1. The van der Waals surface area contributed by atoms with Gasteiger partial charge in [-0.3, -0.25) is 4.99 Å². The highest BCUT2D eigenvalue weighted by atomic mass is 15.2. The Morgan fingerprint density at radius 2 is 1.84 bits per heavy atom. The normalized spacial score (nSPS) is 11.7. The Morgan fingerprint density at radius 3 is 2.42 bits per heavy atom. The van der Waals surface area contributed by atoms with Crippen molar-refractivity contribution >= 4 is 5.96 Å². The molecule has 1 rings (SSSR count). The molecular formula is C16H27N3. The number of nitrogens with zero attached hydrogens (tertiary/aromatic N) is 1. The zero-order chi connectivity index (χ0) is 14.1. The molecule has 0 amide bonds. The van der Waals surface area contributed by atoms with E-state index < -0.39 is 0 Å². The molecule has 0 atom stereocenters. The van der Waals surface area contributed by atoms with Crippen molar-refractivity contribution in [2.45, 2.75) is 40.2 Å². The molecule has 0 fully saturated rings. The highest BCUT2D eigenvalue weighted by molar-refractivity contribution is 5.79. The maximum absolute atomic E-state index is 4.27. The van der Waals surface area contributed by atoms with Gasteiger partial charge in [0.25, 0.3) is 0 Å². The van der Waals surface area contributed by atoms with Crippen molar-refractivity contribution in [1.29, 1.82) is 0 Å². The number of aliphatic imine (C=N–C) groups is 1. The van der Waals surface area contributed by atoms with Gasteiger partial charge in [0.15, 0.2) is 5.96 Å². The Hall–Kier alpha value is -1.51. The molecule has 0 saturated carbocycles. The second kappa shape index (κ2) is 8.57. The number of aryl methyl sites for hydroxylation is 1. The number of nitrogens with one attached hydrogen (secondary N) is 2. The van der Waals surface area contributed by atoms with Crippen molar-refractivity contribution in [2.75, 3.05) is 13.6 Å². The van der Waals surface area contributed by atoms with Crippen LogP contribution in [0.2, 0.25) is 0 Å². The van der Waals surface area contributed by atoms with Crippen LogP contribution < -0.4 is 10.6 Å². The van der Waals surface area contributed by atoms with Gasteiger partial charge in [0, 0.05) is 20.1 Å². The lowest BCUT2D eigenvalue weighted by atomic mass is 10.0. The first kappa shape index (κ1) is 15.5. The van der Waals surface area contributed by atoms with Crippen molar-refractivity contribution in [3.05, 3.63) is 35.4 Å². The van der Waals surface area contributed by atoms with E-state index in [9.17, 15) is 0 Å². The van der Waals surface area contributed by atoms with Crippen LogP contribution in [0.25, 0.3) is 0 Å². The minimum atomic E-state index is 0.719. The monoisotopic (exact) mass is 261 g/mol. The van der Waals surface area contributed by atoms with E-state index in [1.54, 1.807) is 0 Å². The van der Waals surface area contributed by atoms with Crippen molar-refractivity contribution in [3.63, 3.8) is 0 Å². The summed E-state index contributed by atoms with van der Waals surface area (Å²) in [5.41, 5.74) is 2.62. The third-order valence-electron chi connectivity index (χ3n) is 3.64. The topological polar surface area (TPSA) is 36.4 Å². The molecule has 0 aliphatic carbocycles. The molecule has 1 aromatic rings. The van der Waals surface area contributed by atoms with Crippen LogP contribution in [0.1, 0.15) is 37.8 Å². The van der Waals surface area contributed by atoms with E-state index in [2.05, 4.69) is 60.7 Å². The average molecular weight is 261 g/mol. The Morgan fingerprint density at radius 1 is 1.16 bits per heavy atom. The van der Waals surface area contributed by atoms with Gasteiger partial charge in [-0.2, -0.15) is 0 Å². The zero-order valence-corrected chi connectivity index (χ0v) is 12.7. The lowest BCUT2D eigenvalue weighted by Crippen LogP contribution is -2.39. The SMILES string of the molecule is CCC(CC)CNC(=NC)NCc1ccccc1C. The summed E-state index contributed by atoms with van der Waals surface area (Å²) < 4.78 is 0. The lowest BCUT2D eigenvalue weighted by Gasteiger charge is -2.17. The summed E-state index contributed by atoms with van der Waals surface area (Å²) in [5, 5.41) is 6.77. The first-order chi connectivity index (χ1) is 9.21. The van der Waals surface area contributed by atoms with E-state index in [0.717, 1.165) is 25.0 Å². The van der Waals surface area contributed by atoms with Gasteiger partial charge in [-0.05, 0) is 24.0 Å². The van der Waals surface area contributed by atoms with Gasteiger partial charge < -0.3 is 10.6 Å². The number of benzene rings is 1. The van der Waals surface area contributed by atoms with Gasteiger partial charge in [0.05, 0.1) is 0 Å². The third kappa shape index (κ3) is 5.33. The number of hydrogen-bond acceptors (Lipinski definition) is 1. The summed E-state index contributed by atoms with van der Waals surface area (Å²) in [6.07, 6.45) is 2.41. The predicted octanol–water partition coefficient (Wildman–Crippen LogP) is 3.10. The predicted molar refractivity (Wildman–Crippen MR) is 83.5 cm³/mol. The third-order valence-corrected chi connectivity index (χ3v) is 3.64. The molecule has 2 N–H and O–H groups in total. The molecule has 3 nitrogen and oxygen atoms in total. The molecule has 0 saturated heterocycles. The van der Waals surface area contributed by atoms with Crippen LogP contribution in [0.3, 0.4) is 0 Å². The summed E-state index contributed by atoms with van der Waals surface area (Å²) in [5.74, 6) is 1.60. The fraction of sp³-hybridized carbons (Fsp3) is 0.562. The van der Waals surface area contributed by atoms with Crippen LogP contribution in [-0.4, -0.2) is 19.6 Å². The van der Waals surface area contributed by atoms with Crippen molar-refractivity contribution in [2.24, 2.45) is 10.9 Å². The molecule has 0 aromatic heterocycles. The van der Waals surface area contributed by atoms with E-state index >= 15 is 0 Å². The maximum Gasteiger partial charge on any atom is 0.191 e. The fourth-order valence-corrected chi connectivity index (χ4v) is 2.03. The molecule has 0 spiro atoms. The Labute approximate surface area is 117 Å². The quantitative estimate of drug-likeness (QED) is 0.610. The number of rotatable bonds is 6. The molecule has 1 aromatic carbocycles. The Balaban J connectivity index is 2.44. The van der Waals surface area contributed by atoms with E-state index in [0.29, 0.717) is 0 Å². The van der Waals surface area contributed by atoms with E-state index in [1.165, 1.54) is 24.0 Å². The van der Waals surface area contributed by atoms with Gasteiger partial charge in [-0.15, -0.1) is 0 Å². The highest BCUT2D eigenvalue weighted by Gasteiger charge is 2.05. The zero-order valence-electron chi connectivity index (χ0n) is 12.7. The molecular weight excluding hydrogens is 234 g/mol. The molecule has 0 bridgehead atoms. The standard InChI is InChI=1S/C16H27N3/c1-5-14(6-2)11-18-16(17-4)19-12-15-10-8-7-9-13(15)3/h7-10,14H,5-6,11-12H2,1-4H3,(H2,17,18,19). The van der Waals surface area contributed by atoms with Gasteiger partial charge in [-0.1, -0.05) is 51.0 Å². The first-order valence-corrected chi connectivity index (χ1v) is 7.20. The molecule has 0 aliphatic heterocycles. The highest BCUT2D eigenvalue weighted by Crippen LogP contribution is 2.06. The molecule has 106 valence electrons. The summed E-state index contributed by atoms with van der Waals surface area (Å²) in [6.45, 7) is 8.41. The van der Waals surface area contributed by atoms with Crippen LogP contribution >= 0.6 is 0 Å². The Kier molecular flexibility index (Phi) is 7.01. The van der Waals surface area contributed by atoms with E-state index in [1.807, 2.05) is 7.05 Å². The first-order valence-electron chi connectivity index (χ1n) is 7.20. The average Bonchev–Trinajstić information content (AvgIpc) is 2.44. The minimum absolute atomic E-state index is 0.719. The molecule has 0 radical (unpaired) electrons. The number of hydrogen-bond donors (Lipinski definition) is 2. The van der Waals surface area contributed by atoms with Gasteiger partial charge >= 0.3 is 0 Å². The lowest BCUT2D eigenvalue weighted by molar-refractivity contribution is 0.481. The van der Waals surface area contributed by atoms with Crippen molar-refractivity contribution in [1.82, 2.24) is 10.6 Å². The van der Waals surface area contributed by atoms with E-state index in [-0.39, 0.29) is 0 Å². The molecule has 19 heavy (non-hydrogen) atoms. The van der Waals surface area contributed by atoms with Crippen LogP contribution in [-0.2, 0) is 6.54 Å². The van der Waals surface area contributed by atoms with Crippen molar-refractivity contribution in [3.8, 4) is 0 Å². The summed E-state index contributed by atoms with van der Waals surface area (Å²) in [4.78, 5) is 4.27. The fourth-order valence-electron chi connectivity index (χ4n) is 2.03. The van der Waals surface area contributed by atoms with Gasteiger partial charge in [-0.25, -0.2) is 0 Å². The molecule has 0 unspecified atom stereocenters. The van der Waals surface area contributed by atoms with Crippen molar-refractivity contribution < 1.29 is 0 Å².